The summed E-state index contributed by atoms with van der Waals surface area (Å²) in [5.74, 6) is -2.91. The van der Waals surface area contributed by atoms with E-state index in [9.17, 15) is 13.9 Å². The molecule has 154 valence electrons. The van der Waals surface area contributed by atoms with Crippen LogP contribution in [0.15, 0.2) is 54.9 Å². The van der Waals surface area contributed by atoms with Crippen molar-refractivity contribution < 1.29 is 18.6 Å². The highest BCUT2D eigenvalue weighted by atomic mass is 19.3. The van der Waals surface area contributed by atoms with Gasteiger partial charge in [0.1, 0.15) is 0 Å². The number of hydrogen-bond donors (Lipinski definition) is 2. The summed E-state index contributed by atoms with van der Waals surface area (Å²) >= 11 is 0. The first-order valence-corrected chi connectivity index (χ1v) is 9.62. The third-order valence-electron chi connectivity index (χ3n) is 5.35. The van der Waals surface area contributed by atoms with Crippen LogP contribution in [0.4, 0.5) is 8.78 Å². The molecule has 4 aromatic rings. The van der Waals surface area contributed by atoms with Gasteiger partial charge in [-0.2, -0.15) is 0 Å². The Labute approximate surface area is 170 Å². The van der Waals surface area contributed by atoms with Gasteiger partial charge in [0.2, 0.25) is 5.88 Å². The molecule has 2 atom stereocenters. The van der Waals surface area contributed by atoms with Crippen LogP contribution in [0.2, 0.25) is 0 Å². The van der Waals surface area contributed by atoms with Gasteiger partial charge in [-0.15, -0.1) is 0 Å². The SMILES string of the molecule is OC(c1ccc2[nH]cnc2n1)N1CCC(F)(F)C(Oc2ccc3ccccc3n2)C1. The molecule has 3 aromatic heterocycles. The molecule has 0 aliphatic carbocycles. The van der Waals surface area contributed by atoms with E-state index in [1.807, 2.05) is 18.2 Å². The van der Waals surface area contributed by atoms with Crippen LogP contribution in [0.5, 0.6) is 5.88 Å². The number of aliphatic hydroxyl groups is 1. The van der Waals surface area contributed by atoms with Crippen molar-refractivity contribution >= 4 is 22.1 Å². The molecule has 4 heterocycles. The monoisotopic (exact) mass is 411 g/mol. The topological polar surface area (TPSA) is 87.2 Å². The Balaban J connectivity index is 1.37. The molecule has 1 aliphatic heterocycles. The van der Waals surface area contributed by atoms with E-state index in [1.54, 1.807) is 30.3 Å². The summed E-state index contributed by atoms with van der Waals surface area (Å²) in [6, 6.07) is 14.2. The predicted molar refractivity (Wildman–Crippen MR) is 106 cm³/mol. The van der Waals surface area contributed by atoms with Gasteiger partial charge in [-0.25, -0.2) is 23.7 Å². The average molecular weight is 411 g/mol. The van der Waals surface area contributed by atoms with Crippen LogP contribution in [-0.4, -0.2) is 55.1 Å². The van der Waals surface area contributed by atoms with E-state index in [-0.39, 0.29) is 19.0 Å². The third-order valence-corrected chi connectivity index (χ3v) is 5.35. The standard InChI is InChI=1S/C21H19F2N5O2/c22-21(23)9-10-28(20(29)16-7-6-15-19(27-16)25-12-24-15)11-17(21)30-18-8-5-13-3-1-2-4-14(13)26-18/h1-8,12,17,20,29H,9-11H2,(H,24,25,27). The Morgan fingerprint density at radius 2 is 2.00 bits per heavy atom. The molecule has 9 heteroatoms. The lowest BCUT2D eigenvalue weighted by Crippen LogP contribution is -2.54. The van der Waals surface area contributed by atoms with Gasteiger partial charge in [-0.3, -0.25) is 4.90 Å². The highest BCUT2D eigenvalue weighted by Gasteiger charge is 2.47. The number of rotatable bonds is 4. The average Bonchev–Trinajstić information content (AvgIpc) is 3.22. The summed E-state index contributed by atoms with van der Waals surface area (Å²) in [4.78, 5) is 17.2. The molecule has 30 heavy (non-hydrogen) atoms. The summed E-state index contributed by atoms with van der Waals surface area (Å²) in [7, 11) is 0. The number of hydrogen-bond acceptors (Lipinski definition) is 6. The van der Waals surface area contributed by atoms with E-state index in [0.717, 1.165) is 10.9 Å². The fourth-order valence-corrected chi connectivity index (χ4v) is 3.66. The Bertz CT molecular complexity index is 1200. The lowest BCUT2D eigenvalue weighted by Gasteiger charge is -2.39. The maximum Gasteiger partial charge on any atom is 0.286 e. The molecule has 0 saturated carbocycles. The van der Waals surface area contributed by atoms with Crippen molar-refractivity contribution in [2.45, 2.75) is 24.7 Å². The molecule has 0 amide bonds. The van der Waals surface area contributed by atoms with Crippen molar-refractivity contribution in [3.05, 3.63) is 60.6 Å². The number of pyridine rings is 2. The third kappa shape index (κ3) is 3.46. The van der Waals surface area contributed by atoms with Crippen LogP contribution in [-0.2, 0) is 0 Å². The number of ether oxygens (including phenoxy) is 1. The van der Waals surface area contributed by atoms with Crippen LogP contribution in [0.25, 0.3) is 22.1 Å². The number of benzene rings is 1. The molecular formula is C21H19F2N5O2. The zero-order chi connectivity index (χ0) is 20.7. The first-order chi connectivity index (χ1) is 14.5. The summed E-state index contributed by atoms with van der Waals surface area (Å²) in [6.45, 7) is -0.150. The number of aliphatic hydroxyl groups excluding tert-OH is 1. The molecule has 0 radical (unpaired) electrons. The molecule has 1 saturated heterocycles. The minimum Gasteiger partial charge on any atom is -0.467 e. The van der Waals surface area contributed by atoms with E-state index >= 15 is 0 Å². The van der Waals surface area contributed by atoms with E-state index in [4.69, 9.17) is 4.74 Å². The quantitative estimate of drug-likeness (QED) is 0.536. The Morgan fingerprint density at radius 3 is 2.90 bits per heavy atom. The number of piperidine rings is 1. The predicted octanol–water partition coefficient (Wildman–Crippen LogP) is 3.29. The number of fused-ring (bicyclic) bond motifs is 2. The van der Waals surface area contributed by atoms with Crippen LogP contribution in [0.1, 0.15) is 18.3 Å². The number of imidazole rings is 1. The van der Waals surface area contributed by atoms with E-state index < -0.39 is 24.7 Å². The van der Waals surface area contributed by atoms with E-state index in [2.05, 4.69) is 19.9 Å². The van der Waals surface area contributed by atoms with Crippen LogP contribution < -0.4 is 4.74 Å². The van der Waals surface area contributed by atoms with Crippen molar-refractivity contribution in [3.8, 4) is 5.88 Å². The number of aromatic nitrogens is 4. The Hall–Kier alpha value is -3.17. The van der Waals surface area contributed by atoms with E-state index in [1.165, 1.54) is 11.2 Å². The van der Waals surface area contributed by atoms with Crippen molar-refractivity contribution in [1.29, 1.82) is 0 Å². The minimum atomic E-state index is -3.04. The van der Waals surface area contributed by atoms with Crippen LogP contribution in [0, 0.1) is 0 Å². The molecule has 1 aliphatic rings. The van der Waals surface area contributed by atoms with Crippen molar-refractivity contribution in [2.75, 3.05) is 13.1 Å². The first kappa shape index (κ1) is 18.8. The highest BCUT2D eigenvalue weighted by Crippen LogP contribution is 2.34. The van der Waals surface area contributed by atoms with Crippen LogP contribution in [0.3, 0.4) is 0 Å². The molecule has 2 N–H and O–H groups in total. The number of alkyl halides is 2. The molecule has 2 unspecified atom stereocenters. The largest absolute Gasteiger partial charge is 0.467 e. The number of aromatic amines is 1. The summed E-state index contributed by atoms with van der Waals surface area (Å²) in [6.07, 6.45) is -1.51. The molecule has 0 spiro atoms. The van der Waals surface area contributed by atoms with Crippen LogP contribution >= 0.6 is 0 Å². The Kier molecular flexibility index (Phi) is 4.56. The van der Waals surface area contributed by atoms with Gasteiger partial charge in [0.05, 0.1) is 23.1 Å². The Morgan fingerprint density at radius 1 is 1.13 bits per heavy atom. The van der Waals surface area contributed by atoms with Crippen molar-refractivity contribution in [1.82, 2.24) is 24.8 Å². The zero-order valence-corrected chi connectivity index (χ0v) is 15.9. The normalized spacial score (nSPS) is 20.4. The smallest absolute Gasteiger partial charge is 0.286 e. The molecule has 5 rings (SSSR count). The fraction of sp³-hybridized carbons (Fsp3) is 0.286. The van der Waals surface area contributed by atoms with Crippen molar-refractivity contribution in [3.63, 3.8) is 0 Å². The second kappa shape index (κ2) is 7.26. The summed E-state index contributed by atoms with van der Waals surface area (Å²) < 4.78 is 34.8. The molecule has 1 fully saturated rings. The van der Waals surface area contributed by atoms with Gasteiger partial charge in [0.15, 0.2) is 18.0 Å². The van der Waals surface area contributed by atoms with Gasteiger partial charge in [-0.05, 0) is 24.3 Å². The number of halogens is 2. The lowest BCUT2D eigenvalue weighted by molar-refractivity contribution is -0.162. The number of likely N-dealkylation sites (tertiary alicyclic amines) is 1. The molecule has 1 aromatic carbocycles. The summed E-state index contributed by atoms with van der Waals surface area (Å²) in [5.41, 5.74) is 2.21. The second-order valence-corrected chi connectivity index (χ2v) is 7.34. The van der Waals surface area contributed by atoms with Gasteiger partial charge < -0.3 is 14.8 Å². The number of nitrogens with one attached hydrogen (secondary N) is 1. The van der Waals surface area contributed by atoms with Gasteiger partial charge in [-0.1, -0.05) is 18.2 Å². The maximum atomic E-state index is 14.6. The first-order valence-electron chi connectivity index (χ1n) is 9.62. The maximum absolute atomic E-state index is 14.6. The van der Waals surface area contributed by atoms with Gasteiger partial charge in [0, 0.05) is 31.0 Å². The second-order valence-electron chi connectivity index (χ2n) is 7.34. The molecule has 0 bridgehead atoms. The van der Waals surface area contributed by atoms with Gasteiger partial charge in [0.25, 0.3) is 5.92 Å². The number of H-pyrrole nitrogens is 1. The number of nitrogens with zero attached hydrogens (tertiary/aromatic N) is 4. The fourth-order valence-electron chi connectivity index (χ4n) is 3.66. The van der Waals surface area contributed by atoms with Crippen molar-refractivity contribution in [2.24, 2.45) is 0 Å². The minimum absolute atomic E-state index is 0.0134. The lowest BCUT2D eigenvalue weighted by atomic mass is 10.0. The highest BCUT2D eigenvalue weighted by molar-refractivity contribution is 5.78. The molecular weight excluding hydrogens is 392 g/mol. The molecule has 7 nitrogen and oxygen atoms in total. The zero-order valence-electron chi connectivity index (χ0n) is 15.9. The van der Waals surface area contributed by atoms with Gasteiger partial charge >= 0.3 is 0 Å². The number of para-hydroxylation sites is 1. The van der Waals surface area contributed by atoms with E-state index in [0.29, 0.717) is 16.9 Å². The summed E-state index contributed by atoms with van der Waals surface area (Å²) in [5, 5.41) is 11.6.